The smallest absolute Gasteiger partial charge is 0.312 e. The first-order valence-electron chi connectivity index (χ1n) is 13.0. The molecule has 0 heterocycles. The predicted octanol–water partition coefficient (Wildman–Crippen LogP) is 6.42. The van der Waals surface area contributed by atoms with Crippen LogP contribution in [0.5, 0.6) is 5.75 Å². The standard InChI is InChI=1S/C31H36O3/c1-30(2,23-7-5-4-6-8-23)24-11-13-25(14-12-24)33-15-16-34-29(32)31(3)19-22-18-26(31)28-21-10-9-20(17-21)27(22)28/h4-14,20-22,26-28H,15-19H2,1-3H3. The molecule has 4 bridgehead atoms. The normalized spacial score (nSPS) is 34.9. The number of carbonyl (C=O) groups excluding carboxylic acids is 1. The van der Waals surface area contributed by atoms with E-state index in [1.54, 1.807) is 0 Å². The molecule has 0 aromatic heterocycles. The number of rotatable bonds is 7. The molecule has 0 saturated heterocycles. The average molecular weight is 457 g/mol. The van der Waals surface area contributed by atoms with Crippen LogP contribution in [0.1, 0.15) is 51.2 Å². The first-order chi connectivity index (χ1) is 16.4. The zero-order valence-electron chi connectivity index (χ0n) is 20.6. The molecule has 0 N–H and O–H groups in total. The van der Waals surface area contributed by atoms with E-state index in [-0.39, 0.29) is 16.8 Å². The Morgan fingerprint density at radius 1 is 0.912 bits per heavy atom. The molecular formula is C31H36O3. The zero-order chi connectivity index (χ0) is 23.5. The molecule has 2 aromatic carbocycles. The van der Waals surface area contributed by atoms with E-state index in [2.05, 4.69) is 69.3 Å². The Balaban J connectivity index is 1.02. The molecule has 3 nitrogen and oxygen atoms in total. The monoisotopic (exact) mass is 456 g/mol. The lowest BCUT2D eigenvalue weighted by molar-refractivity contribution is -0.161. The Morgan fingerprint density at radius 2 is 1.59 bits per heavy atom. The van der Waals surface area contributed by atoms with E-state index >= 15 is 0 Å². The molecule has 0 aliphatic heterocycles. The van der Waals surface area contributed by atoms with Crippen LogP contribution in [0.4, 0.5) is 0 Å². The lowest BCUT2D eigenvalue weighted by Gasteiger charge is -2.41. The summed E-state index contributed by atoms with van der Waals surface area (Å²) in [6.07, 6.45) is 8.43. The summed E-state index contributed by atoms with van der Waals surface area (Å²) in [5, 5.41) is 0. The summed E-state index contributed by atoms with van der Waals surface area (Å²) >= 11 is 0. The first-order valence-corrected chi connectivity index (χ1v) is 13.0. The number of allylic oxidation sites excluding steroid dienone is 2. The van der Waals surface area contributed by atoms with Crippen LogP contribution in [0.25, 0.3) is 0 Å². The second kappa shape index (κ2) is 8.00. The predicted molar refractivity (Wildman–Crippen MR) is 134 cm³/mol. The largest absolute Gasteiger partial charge is 0.490 e. The molecule has 2 aromatic rings. The van der Waals surface area contributed by atoms with Crippen molar-refractivity contribution in [3.8, 4) is 5.75 Å². The number of fused-ring (bicyclic) bond motifs is 9. The van der Waals surface area contributed by atoms with Crippen LogP contribution in [-0.2, 0) is 14.9 Å². The Hall–Kier alpha value is -2.55. The van der Waals surface area contributed by atoms with Crippen molar-refractivity contribution in [1.82, 2.24) is 0 Å². The van der Waals surface area contributed by atoms with Crippen LogP contribution in [-0.4, -0.2) is 19.2 Å². The van der Waals surface area contributed by atoms with Crippen LogP contribution in [0.2, 0.25) is 0 Å². The third-order valence-corrected chi connectivity index (χ3v) is 9.78. The highest BCUT2D eigenvalue weighted by Crippen LogP contribution is 2.70. The molecule has 0 spiro atoms. The van der Waals surface area contributed by atoms with Crippen molar-refractivity contribution in [2.24, 2.45) is 40.9 Å². The lowest BCUT2D eigenvalue weighted by atomic mass is 9.63. The van der Waals surface area contributed by atoms with Gasteiger partial charge >= 0.3 is 5.97 Å². The second-order valence-electron chi connectivity index (χ2n) is 11.8. The quantitative estimate of drug-likeness (QED) is 0.209. The third-order valence-electron chi connectivity index (χ3n) is 9.78. The highest BCUT2D eigenvalue weighted by Gasteiger charge is 2.67. The van der Waals surface area contributed by atoms with Gasteiger partial charge in [-0.1, -0.05) is 68.5 Å². The molecule has 4 aliphatic rings. The van der Waals surface area contributed by atoms with E-state index < -0.39 is 0 Å². The van der Waals surface area contributed by atoms with Crippen molar-refractivity contribution in [1.29, 1.82) is 0 Å². The van der Waals surface area contributed by atoms with Crippen LogP contribution in [0, 0.1) is 40.9 Å². The molecule has 3 heteroatoms. The molecule has 0 radical (unpaired) electrons. The zero-order valence-corrected chi connectivity index (χ0v) is 20.6. The Kier molecular flexibility index (Phi) is 5.17. The van der Waals surface area contributed by atoms with E-state index in [1.807, 2.05) is 18.2 Å². The van der Waals surface area contributed by atoms with Gasteiger partial charge in [0, 0.05) is 5.41 Å². The van der Waals surface area contributed by atoms with Crippen molar-refractivity contribution in [3.63, 3.8) is 0 Å². The number of esters is 1. The Morgan fingerprint density at radius 3 is 2.32 bits per heavy atom. The maximum absolute atomic E-state index is 13.2. The van der Waals surface area contributed by atoms with E-state index in [0.29, 0.717) is 36.9 Å². The van der Waals surface area contributed by atoms with Gasteiger partial charge in [-0.3, -0.25) is 4.79 Å². The van der Waals surface area contributed by atoms with Gasteiger partial charge in [-0.15, -0.1) is 0 Å². The fourth-order valence-corrected chi connectivity index (χ4v) is 8.05. The summed E-state index contributed by atoms with van der Waals surface area (Å²) in [5.41, 5.74) is 2.15. The van der Waals surface area contributed by atoms with Gasteiger partial charge in [-0.25, -0.2) is 0 Å². The molecule has 3 fully saturated rings. The highest BCUT2D eigenvalue weighted by molar-refractivity contribution is 5.77. The fourth-order valence-electron chi connectivity index (χ4n) is 8.05. The van der Waals surface area contributed by atoms with Gasteiger partial charge in [0.25, 0.3) is 0 Å². The molecule has 7 unspecified atom stereocenters. The van der Waals surface area contributed by atoms with Crippen molar-refractivity contribution >= 4 is 5.97 Å². The summed E-state index contributed by atoms with van der Waals surface area (Å²) in [5.74, 6) is 5.04. The molecular weight excluding hydrogens is 420 g/mol. The third kappa shape index (κ3) is 3.34. The minimum atomic E-state index is -0.311. The molecule has 3 saturated carbocycles. The summed E-state index contributed by atoms with van der Waals surface area (Å²) in [4.78, 5) is 13.2. The highest BCUT2D eigenvalue weighted by atomic mass is 16.6. The van der Waals surface area contributed by atoms with Crippen molar-refractivity contribution in [3.05, 3.63) is 77.9 Å². The molecule has 4 aliphatic carbocycles. The van der Waals surface area contributed by atoms with Crippen LogP contribution in [0.15, 0.2) is 66.7 Å². The first kappa shape index (κ1) is 21.9. The molecule has 34 heavy (non-hydrogen) atoms. The van der Waals surface area contributed by atoms with Gasteiger partial charge in [0.2, 0.25) is 0 Å². The van der Waals surface area contributed by atoms with Crippen molar-refractivity contribution < 1.29 is 14.3 Å². The Bertz CT molecular complexity index is 1090. The molecule has 0 amide bonds. The summed E-state index contributed by atoms with van der Waals surface area (Å²) in [7, 11) is 0. The number of carbonyl (C=O) groups is 1. The van der Waals surface area contributed by atoms with Gasteiger partial charge in [0.05, 0.1) is 5.41 Å². The molecule has 7 atom stereocenters. The van der Waals surface area contributed by atoms with Gasteiger partial charge in [-0.2, -0.15) is 0 Å². The summed E-state index contributed by atoms with van der Waals surface area (Å²) < 4.78 is 11.7. The van der Waals surface area contributed by atoms with Crippen LogP contribution in [0.3, 0.4) is 0 Å². The Labute approximate surface area is 203 Å². The number of benzene rings is 2. The molecule has 6 rings (SSSR count). The van der Waals surface area contributed by atoms with Gasteiger partial charge in [0.1, 0.15) is 19.0 Å². The number of hydrogen-bond acceptors (Lipinski definition) is 3. The maximum atomic E-state index is 13.2. The van der Waals surface area contributed by atoms with Gasteiger partial charge < -0.3 is 9.47 Å². The van der Waals surface area contributed by atoms with E-state index in [0.717, 1.165) is 24.0 Å². The second-order valence-corrected chi connectivity index (χ2v) is 11.8. The SMILES string of the molecule is CC(C)(c1ccccc1)c1ccc(OCCOC(=O)C2(C)CC3CC2C2C4C=CC(C4)C32)cc1. The van der Waals surface area contributed by atoms with E-state index in [9.17, 15) is 4.79 Å². The van der Waals surface area contributed by atoms with Gasteiger partial charge in [-0.05, 0) is 85.0 Å². The average Bonchev–Trinajstić information content (AvgIpc) is 3.62. The number of hydrogen-bond donors (Lipinski definition) is 0. The van der Waals surface area contributed by atoms with E-state index in [4.69, 9.17) is 9.47 Å². The minimum Gasteiger partial charge on any atom is -0.490 e. The van der Waals surface area contributed by atoms with Crippen LogP contribution >= 0.6 is 0 Å². The number of ether oxygens (including phenoxy) is 2. The van der Waals surface area contributed by atoms with Crippen LogP contribution < -0.4 is 4.74 Å². The minimum absolute atomic E-state index is 0.00578. The summed E-state index contributed by atoms with van der Waals surface area (Å²) in [6.45, 7) is 7.34. The van der Waals surface area contributed by atoms with Gasteiger partial charge in [0.15, 0.2) is 0 Å². The maximum Gasteiger partial charge on any atom is 0.312 e. The van der Waals surface area contributed by atoms with E-state index in [1.165, 1.54) is 24.0 Å². The fraction of sp³-hybridized carbons (Fsp3) is 0.516. The molecule has 178 valence electrons. The summed E-state index contributed by atoms with van der Waals surface area (Å²) in [6, 6.07) is 18.8. The topological polar surface area (TPSA) is 35.5 Å². The van der Waals surface area contributed by atoms with Crippen molar-refractivity contribution in [2.45, 2.75) is 45.4 Å². The lowest BCUT2D eigenvalue weighted by Crippen LogP contribution is -2.43. The van der Waals surface area contributed by atoms with Crippen molar-refractivity contribution in [2.75, 3.05) is 13.2 Å².